The lowest BCUT2D eigenvalue weighted by Gasteiger charge is -2.23. The van der Waals surface area contributed by atoms with Crippen molar-refractivity contribution in [1.82, 2.24) is 14.9 Å². The number of aromatic amines is 1. The highest BCUT2D eigenvalue weighted by Gasteiger charge is 2.21. The van der Waals surface area contributed by atoms with Crippen LogP contribution >= 0.6 is 11.6 Å². The third-order valence-corrected chi connectivity index (χ3v) is 6.09. The number of hydrogen-bond donors (Lipinski definition) is 2. The zero-order valence-corrected chi connectivity index (χ0v) is 26.3. The van der Waals surface area contributed by atoms with Gasteiger partial charge >= 0.3 is 0 Å². The second kappa shape index (κ2) is 21.2. The number of hydrogen-bond acceptors (Lipinski definition) is 7. The molecule has 0 unspecified atom stereocenters. The average Bonchev–Trinajstić information content (AvgIpc) is 3.58. The second-order valence-electron chi connectivity index (χ2n) is 8.12. The Balaban J connectivity index is 0.000000823. The lowest BCUT2D eigenvalue weighted by molar-refractivity contribution is -0.0987. The summed E-state index contributed by atoms with van der Waals surface area (Å²) in [5.74, 6) is 0.945. The molecule has 43 heavy (non-hydrogen) atoms. The van der Waals surface area contributed by atoms with Crippen LogP contribution in [0.1, 0.15) is 51.9 Å². The fourth-order valence-electron chi connectivity index (χ4n) is 3.78. The first-order chi connectivity index (χ1) is 20.8. The summed E-state index contributed by atoms with van der Waals surface area (Å²) in [6.07, 6.45) is 14.9. The van der Waals surface area contributed by atoms with Crippen LogP contribution in [0, 0.1) is 5.82 Å². The van der Waals surface area contributed by atoms with Gasteiger partial charge in [0.1, 0.15) is 25.2 Å². The van der Waals surface area contributed by atoms with Gasteiger partial charge < -0.3 is 29.5 Å². The number of allylic oxidation sites excluding steroid dienone is 8. The Bertz CT molecular complexity index is 1360. The molecule has 2 N–H and O–H groups in total. The summed E-state index contributed by atoms with van der Waals surface area (Å²) in [4.78, 5) is 29.5. The largest absolute Gasteiger partial charge is 0.501 e. The Morgan fingerprint density at radius 1 is 1.21 bits per heavy atom. The number of halogens is 3. The molecule has 1 aromatic carbocycles. The van der Waals surface area contributed by atoms with E-state index >= 15 is 0 Å². The number of nitrogens with one attached hydrogen (secondary N) is 2. The van der Waals surface area contributed by atoms with E-state index in [0.29, 0.717) is 16.4 Å². The van der Waals surface area contributed by atoms with Crippen LogP contribution in [-0.2, 0) is 14.3 Å². The minimum atomic E-state index is -0.447. The monoisotopic (exact) mass is 615 g/mol. The third kappa shape index (κ3) is 11.0. The van der Waals surface area contributed by atoms with Gasteiger partial charge in [-0.05, 0) is 50.1 Å². The van der Waals surface area contributed by atoms with Gasteiger partial charge in [0.15, 0.2) is 5.82 Å². The van der Waals surface area contributed by atoms with Crippen molar-refractivity contribution in [3.8, 4) is 0 Å². The molecule has 4 rings (SSSR count). The van der Waals surface area contributed by atoms with Crippen LogP contribution in [0.5, 0.6) is 0 Å². The van der Waals surface area contributed by atoms with Gasteiger partial charge in [-0.25, -0.2) is 13.8 Å². The van der Waals surface area contributed by atoms with E-state index in [-0.39, 0.29) is 11.4 Å². The average molecular weight is 616 g/mol. The first kappa shape index (κ1) is 38.4. The third-order valence-electron chi connectivity index (χ3n) is 5.77. The van der Waals surface area contributed by atoms with Crippen molar-refractivity contribution in [3.05, 3.63) is 107 Å². The van der Waals surface area contributed by atoms with Gasteiger partial charge in [0.05, 0.1) is 46.8 Å². The molecule has 8 nitrogen and oxygen atoms in total. The molecule has 0 radical (unpaired) electrons. The molecule has 2 aromatic rings. The Labute approximate surface area is 257 Å². The van der Waals surface area contributed by atoms with Crippen molar-refractivity contribution < 1.29 is 23.1 Å². The minimum absolute atomic E-state index is 0.207. The molecule has 232 valence electrons. The number of aliphatic imine (C=N–C) groups is 1. The van der Waals surface area contributed by atoms with Gasteiger partial charge in [0.25, 0.3) is 0 Å². The summed E-state index contributed by atoms with van der Waals surface area (Å²) in [6, 6.07) is 3.23. The van der Waals surface area contributed by atoms with Gasteiger partial charge in [-0.1, -0.05) is 38.1 Å². The first-order valence-electron chi connectivity index (χ1n) is 13.2. The molecule has 0 saturated carbocycles. The molecule has 0 amide bonds. The molecule has 0 bridgehead atoms. The van der Waals surface area contributed by atoms with Gasteiger partial charge in [-0.2, -0.15) is 0 Å². The molecule has 1 aliphatic carbocycles. The number of H-pyrrole nitrogens is 1. The zero-order chi connectivity index (χ0) is 32.9. The number of ether oxygens (including phenoxy) is 1. The molecule has 11 heteroatoms. The summed E-state index contributed by atoms with van der Waals surface area (Å²) in [5.41, 5.74) is 3.56. The van der Waals surface area contributed by atoms with Crippen LogP contribution in [0.2, 0.25) is 5.02 Å². The quantitative estimate of drug-likeness (QED) is 0.351. The number of imidazole rings is 1. The Morgan fingerprint density at radius 2 is 1.88 bits per heavy atom. The number of rotatable bonds is 5. The number of aromatic nitrogens is 2. The Hall–Kier alpha value is -4.57. The second-order valence-corrected chi connectivity index (χ2v) is 8.53. The normalized spacial score (nSPS) is 17.6. The topological polar surface area (TPSA) is 99.7 Å². The summed E-state index contributed by atoms with van der Waals surface area (Å²) in [5, 5.41) is 3.10. The van der Waals surface area contributed by atoms with E-state index in [4.69, 9.17) is 25.9 Å². The van der Waals surface area contributed by atoms with Crippen molar-refractivity contribution in [2.45, 2.75) is 40.5 Å². The summed E-state index contributed by atoms with van der Waals surface area (Å²) < 4.78 is 32.7. The van der Waals surface area contributed by atoms with E-state index in [2.05, 4.69) is 26.9 Å². The standard InChI is InChI=1S/C18H17ClFN5.C10H13FO.C2H6.2CH2O/c1-4-25-10-14(16-12(19)5-6-13(21-3)17(16)20)24-9-15(25)11(2)18-22-7-8-23-18;1-8-7-9(11)5-3-4-6-10(8)12-2;3*1-2/h4-10,21H,1H2,2-3H3,(H,22,23);3,5,7H,4,6H2,1-2H3;1-2H3;2*1H2/b15-11+;5-3?,9-7+,10-8+;;;. The van der Waals surface area contributed by atoms with E-state index in [1.54, 1.807) is 62.2 Å². The van der Waals surface area contributed by atoms with E-state index < -0.39 is 5.82 Å². The number of nitrogens with zero attached hydrogens (tertiary/aromatic N) is 3. The molecule has 2 heterocycles. The Kier molecular flexibility index (Phi) is 18.9. The number of carbonyl (C=O) groups excluding carboxylic acids is 2. The van der Waals surface area contributed by atoms with Crippen molar-refractivity contribution in [1.29, 1.82) is 0 Å². The molecule has 2 aliphatic rings. The summed E-state index contributed by atoms with van der Waals surface area (Å²) in [7, 11) is 3.27. The van der Waals surface area contributed by atoms with E-state index in [0.717, 1.165) is 41.3 Å². The van der Waals surface area contributed by atoms with Crippen LogP contribution in [0.4, 0.5) is 14.5 Å². The van der Waals surface area contributed by atoms with Crippen LogP contribution < -0.4 is 5.32 Å². The molecule has 1 aliphatic heterocycles. The van der Waals surface area contributed by atoms with E-state index in [9.17, 15) is 8.78 Å². The Morgan fingerprint density at radius 3 is 2.44 bits per heavy atom. The van der Waals surface area contributed by atoms with Crippen molar-refractivity contribution in [3.63, 3.8) is 0 Å². The zero-order valence-electron chi connectivity index (χ0n) is 25.5. The molecular formula is C32H40ClF2N5O3. The SMILES string of the molecule is C=CN1C=C(c2c(Cl)ccc(NC)c2F)N=C/C1=C(/C)c1ncc[nH]1.C=O.C=O.CC.CO/C1=C(C)/C=C(/F)C=CCC1. The number of methoxy groups -OCH3 is 1. The van der Waals surface area contributed by atoms with E-state index in [1.165, 1.54) is 12.2 Å². The molecule has 0 spiro atoms. The summed E-state index contributed by atoms with van der Waals surface area (Å²) in [6.45, 7) is 15.6. The van der Waals surface area contributed by atoms with Gasteiger partial charge in [0.2, 0.25) is 0 Å². The van der Waals surface area contributed by atoms with Crippen molar-refractivity contribution >= 4 is 48.4 Å². The fourth-order valence-corrected chi connectivity index (χ4v) is 4.02. The molecule has 1 aromatic heterocycles. The smallest absolute Gasteiger partial charge is 0.157 e. The maximum absolute atomic E-state index is 14.7. The maximum atomic E-state index is 14.7. The highest BCUT2D eigenvalue weighted by molar-refractivity contribution is 6.32. The van der Waals surface area contributed by atoms with Crippen LogP contribution in [0.3, 0.4) is 0 Å². The van der Waals surface area contributed by atoms with E-state index in [1.807, 2.05) is 47.3 Å². The minimum Gasteiger partial charge on any atom is -0.501 e. The lowest BCUT2D eigenvalue weighted by atomic mass is 10.1. The van der Waals surface area contributed by atoms with Crippen LogP contribution in [0.15, 0.2) is 89.6 Å². The molecular weight excluding hydrogens is 576 g/mol. The molecule has 0 fully saturated rings. The predicted molar refractivity (Wildman–Crippen MR) is 174 cm³/mol. The maximum Gasteiger partial charge on any atom is 0.157 e. The van der Waals surface area contributed by atoms with Crippen molar-refractivity contribution in [2.75, 3.05) is 19.5 Å². The highest BCUT2D eigenvalue weighted by atomic mass is 35.5. The predicted octanol–water partition coefficient (Wildman–Crippen LogP) is 8.27. The first-order valence-corrected chi connectivity index (χ1v) is 13.6. The fraction of sp³-hybridized carbons (Fsp3) is 0.250. The lowest BCUT2D eigenvalue weighted by Crippen LogP contribution is -2.16. The van der Waals surface area contributed by atoms with Crippen LogP contribution in [-0.4, -0.2) is 48.8 Å². The van der Waals surface area contributed by atoms with Crippen molar-refractivity contribution in [2.24, 2.45) is 4.99 Å². The molecule has 0 saturated heterocycles. The van der Waals surface area contributed by atoms with Gasteiger partial charge in [-0.3, -0.25) is 4.99 Å². The molecule has 0 atom stereocenters. The van der Waals surface area contributed by atoms with Crippen LogP contribution in [0.25, 0.3) is 11.3 Å². The number of anilines is 1. The van der Waals surface area contributed by atoms with Gasteiger partial charge in [-0.15, -0.1) is 0 Å². The number of carbonyl (C=O) groups is 2. The highest BCUT2D eigenvalue weighted by Crippen LogP contribution is 2.34. The number of benzene rings is 1. The summed E-state index contributed by atoms with van der Waals surface area (Å²) >= 11 is 6.21. The van der Waals surface area contributed by atoms with Gasteiger partial charge in [0, 0.05) is 43.8 Å².